The van der Waals surface area contributed by atoms with Crippen LogP contribution in [0.15, 0.2) is 75.7 Å². The van der Waals surface area contributed by atoms with Crippen molar-refractivity contribution in [3.05, 3.63) is 92.4 Å². The zero-order valence-electron chi connectivity index (χ0n) is 19.2. The summed E-state index contributed by atoms with van der Waals surface area (Å²) in [6, 6.07) is 20.2. The fraction of sp³-hybridized carbons (Fsp3) is 0.280. The molecule has 3 aromatic carbocycles. The van der Waals surface area contributed by atoms with Gasteiger partial charge in [-0.15, -0.1) is 0 Å². The smallest absolute Gasteiger partial charge is 0.220 e. The van der Waals surface area contributed by atoms with Crippen LogP contribution in [0.2, 0.25) is 0 Å². The molecule has 0 aromatic heterocycles. The second kappa shape index (κ2) is 11.7. The highest BCUT2D eigenvalue weighted by molar-refractivity contribution is 9.11. The lowest BCUT2D eigenvalue weighted by molar-refractivity contribution is 0.171. The molecule has 0 heterocycles. The predicted molar refractivity (Wildman–Crippen MR) is 143 cm³/mol. The minimum atomic E-state index is -3.90. The Bertz CT molecular complexity index is 1150. The Hall–Kier alpha value is -1.91. The van der Waals surface area contributed by atoms with Gasteiger partial charge in [0.25, 0.3) is 0 Å². The van der Waals surface area contributed by atoms with E-state index in [9.17, 15) is 13.5 Å². The SMILES string of the molecule is CNc1ccc(CN(Cc2ccc(OC)cc2)S(=O)(=O)[C@@H](C)[C@@H](O)c2ccc(Br)cc2Br)cc1. The second-order valence-corrected chi connectivity index (χ2v) is 12.0. The molecule has 2 atom stereocenters. The molecule has 6 nitrogen and oxygen atoms in total. The van der Waals surface area contributed by atoms with Crippen molar-refractivity contribution < 1.29 is 18.3 Å². The summed E-state index contributed by atoms with van der Waals surface area (Å²) < 4.78 is 35.7. The highest BCUT2D eigenvalue weighted by Gasteiger charge is 2.35. The highest BCUT2D eigenvalue weighted by Crippen LogP contribution is 2.33. The van der Waals surface area contributed by atoms with Crippen molar-refractivity contribution in [2.24, 2.45) is 0 Å². The number of benzene rings is 3. The van der Waals surface area contributed by atoms with E-state index in [1.165, 1.54) is 4.31 Å². The van der Waals surface area contributed by atoms with Crippen molar-refractivity contribution in [1.29, 1.82) is 0 Å². The van der Waals surface area contributed by atoms with Gasteiger partial charge in [-0.25, -0.2) is 8.42 Å². The second-order valence-electron chi connectivity index (χ2n) is 7.92. The number of halogens is 2. The molecule has 0 saturated heterocycles. The van der Waals surface area contributed by atoms with Crippen LogP contribution in [0.1, 0.15) is 29.7 Å². The van der Waals surface area contributed by atoms with Gasteiger partial charge in [0.15, 0.2) is 0 Å². The van der Waals surface area contributed by atoms with Crippen molar-refractivity contribution in [2.45, 2.75) is 31.4 Å². The summed E-state index contributed by atoms with van der Waals surface area (Å²) in [7, 11) is -0.480. The number of rotatable bonds is 10. The topological polar surface area (TPSA) is 78.9 Å². The molecule has 9 heteroatoms. The lowest BCUT2D eigenvalue weighted by Gasteiger charge is -2.29. The van der Waals surface area contributed by atoms with Crippen LogP contribution in [0, 0.1) is 0 Å². The first-order chi connectivity index (χ1) is 16.1. The van der Waals surface area contributed by atoms with E-state index in [4.69, 9.17) is 4.74 Å². The van der Waals surface area contributed by atoms with Gasteiger partial charge >= 0.3 is 0 Å². The molecule has 0 spiro atoms. The Morgan fingerprint density at radius 3 is 2.03 bits per heavy atom. The maximum absolute atomic E-state index is 13.8. The maximum Gasteiger partial charge on any atom is 0.220 e. The third-order valence-corrected chi connectivity index (χ3v) is 9.03. The lowest BCUT2D eigenvalue weighted by atomic mass is 10.1. The monoisotopic (exact) mass is 610 g/mol. The number of anilines is 1. The third-order valence-electron chi connectivity index (χ3n) is 5.68. The number of sulfonamides is 1. The number of hydrogen-bond donors (Lipinski definition) is 2. The Morgan fingerprint density at radius 2 is 1.53 bits per heavy atom. The molecule has 0 saturated carbocycles. The van der Waals surface area contributed by atoms with E-state index >= 15 is 0 Å². The molecule has 34 heavy (non-hydrogen) atoms. The van der Waals surface area contributed by atoms with Gasteiger partial charge in [-0.1, -0.05) is 62.2 Å². The van der Waals surface area contributed by atoms with E-state index in [-0.39, 0.29) is 13.1 Å². The maximum atomic E-state index is 13.8. The lowest BCUT2D eigenvalue weighted by Crippen LogP contribution is -2.39. The summed E-state index contributed by atoms with van der Waals surface area (Å²) in [5.41, 5.74) is 3.13. The van der Waals surface area contributed by atoms with E-state index in [0.717, 1.165) is 21.3 Å². The normalized spacial score (nSPS) is 13.5. The summed E-state index contributed by atoms with van der Waals surface area (Å²) in [4.78, 5) is 0. The van der Waals surface area contributed by atoms with Crippen LogP contribution in [-0.2, 0) is 23.1 Å². The molecule has 0 unspecified atom stereocenters. The molecule has 0 aliphatic heterocycles. The Morgan fingerprint density at radius 1 is 0.971 bits per heavy atom. The van der Waals surface area contributed by atoms with Gasteiger partial charge in [0.2, 0.25) is 10.0 Å². The molecule has 0 amide bonds. The van der Waals surface area contributed by atoms with E-state index in [1.807, 2.05) is 43.4 Å². The average molecular weight is 612 g/mol. The minimum Gasteiger partial charge on any atom is -0.497 e. The number of nitrogens with one attached hydrogen (secondary N) is 1. The Labute approximate surface area is 218 Å². The summed E-state index contributed by atoms with van der Waals surface area (Å²) >= 11 is 6.83. The zero-order chi connectivity index (χ0) is 24.9. The molecule has 182 valence electrons. The first-order valence-electron chi connectivity index (χ1n) is 10.7. The standard InChI is InChI=1S/C25H28Br2N2O4S/c1-17(25(30)23-13-8-20(26)14-24(23)27)34(31,32)29(15-18-4-9-21(28-2)10-5-18)16-19-6-11-22(33-3)12-7-19/h4-14,17,25,28,30H,15-16H2,1-3H3/t17-,25+/m0/s1. The fourth-order valence-corrected chi connectivity index (χ4v) is 6.43. The number of ether oxygens (including phenoxy) is 1. The molecular weight excluding hydrogens is 584 g/mol. The van der Waals surface area contributed by atoms with E-state index in [2.05, 4.69) is 37.2 Å². The first kappa shape index (κ1) is 26.7. The summed E-state index contributed by atoms with van der Waals surface area (Å²) in [6.07, 6.45) is -1.21. The van der Waals surface area contributed by atoms with E-state index in [0.29, 0.717) is 15.8 Å². The Balaban J connectivity index is 1.93. The molecule has 0 aliphatic rings. The van der Waals surface area contributed by atoms with Crippen LogP contribution in [0.4, 0.5) is 5.69 Å². The predicted octanol–water partition coefficient (Wildman–Crippen LogP) is 5.72. The van der Waals surface area contributed by atoms with Gasteiger partial charge in [0.05, 0.1) is 13.2 Å². The van der Waals surface area contributed by atoms with Crippen molar-refractivity contribution in [3.63, 3.8) is 0 Å². The molecule has 3 rings (SSSR count). The van der Waals surface area contributed by atoms with Gasteiger partial charge < -0.3 is 15.2 Å². The molecule has 0 radical (unpaired) electrons. The van der Waals surface area contributed by atoms with Crippen LogP contribution in [0.25, 0.3) is 0 Å². The van der Waals surface area contributed by atoms with Gasteiger partial charge in [-0.2, -0.15) is 4.31 Å². The molecular formula is C25H28Br2N2O4S. The average Bonchev–Trinajstić information content (AvgIpc) is 2.83. The van der Waals surface area contributed by atoms with Crippen molar-refractivity contribution >= 4 is 47.6 Å². The van der Waals surface area contributed by atoms with Crippen LogP contribution in [-0.4, -0.2) is 37.2 Å². The number of hydrogen-bond acceptors (Lipinski definition) is 5. The van der Waals surface area contributed by atoms with Crippen LogP contribution < -0.4 is 10.1 Å². The van der Waals surface area contributed by atoms with Crippen LogP contribution in [0.3, 0.4) is 0 Å². The largest absolute Gasteiger partial charge is 0.497 e. The molecule has 2 N–H and O–H groups in total. The molecule has 0 fully saturated rings. The van der Waals surface area contributed by atoms with Gasteiger partial charge in [-0.05, 0) is 60.0 Å². The number of aliphatic hydroxyl groups excluding tert-OH is 1. The minimum absolute atomic E-state index is 0.165. The van der Waals surface area contributed by atoms with Crippen molar-refractivity contribution in [1.82, 2.24) is 4.31 Å². The van der Waals surface area contributed by atoms with Gasteiger partial charge in [0.1, 0.15) is 11.0 Å². The van der Waals surface area contributed by atoms with E-state index < -0.39 is 21.4 Å². The number of methoxy groups -OCH3 is 1. The summed E-state index contributed by atoms with van der Waals surface area (Å²) in [6.45, 7) is 1.88. The van der Waals surface area contributed by atoms with Crippen molar-refractivity contribution in [2.75, 3.05) is 19.5 Å². The highest BCUT2D eigenvalue weighted by atomic mass is 79.9. The fourth-order valence-electron chi connectivity index (χ4n) is 3.54. The number of nitrogens with zero attached hydrogens (tertiary/aromatic N) is 1. The van der Waals surface area contributed by atoms with Crippen LogP contribution >= 0.6 is 31.9 Å². The molecule has 0 aliphatic carbocycles. The number of aliphatic hydroxyl groups is 1. The van der Waals surface area contributed by atoms with Crippen LogP contribution in [0.5, 0.6) is 5.75 Å². The first-order valence-corrected chi connectivity index (χ1v) is 13.8. The summed E-state index contributed by atoms with van der Waals surface area (Å²) in [5, 5.41) is 13.0. The Kier molecular flexibility index (Phi) is 9.17. The van der Waals surface area contributed by atoms with Crippen molar-refractivity contribution in [3.8, 4) is 5.75 Å². The van der Waals surface area contributed by atoms with E-state index in [1.54, 1.807) is 44.4 Å². The molecule has 3 aromatic rings. The summed E-state index contributed by atoms with van der Waals surface area (Å²) in [5.74, 6) is 0.699. The third kappa shape index (κ3) is 6.40. The van der Waals surface area contributed by atoms with Gasteiger partial charge in [0, 0.05) is 34.8 Å². The van der Waals surface area contributed by atoms with Gasteiger partial charge in [-0.3, -0.25) is 0 Å². The quantitative estimate of drug-likeness (QED) is 0.307. The molecule has 0 bridgehead atoms. The zero-order valence-corrected chi connectivity index (χ0v) is 23.2.